The van der Waals surface area contributed by atoms with Gasteiger partial charge in [0.1, 0.15) is 5.76 Å². The molecule has 18 heavy (non-hydrogen) atoms. The zero-order valence-electron chi connectivity index (χ0n) is 10.2. The highest BCUT2D eigenvalue weighted by molar-refractivity contribution is 9.10. The number of aryl methyl sites for hydroxylation is 2. The van der Waals surface area contributed by atoms with Crippen LogP contribution < -0.4 is 0 Å². The van der Waals surface area contributed by atoms with Crippen molar-refractivity contribution < 1.29 is 4.42 Å². The molecule has 0 unspecified atom stereocenters. The molecule has 0 radical (unpaired) electrons. The molecule has 0 aliphatic heterocycles. The first-order valence-electron chi connectivity index (χ1n) is 5.92. The summed E-state index contributed by atoms with van der Waals surface area (Å²) in [6.07, 6.45) is 0.894. The maximum absolute atomic E-state index is 5.71. The lowest BCUT2D eigenvalue weighted by atomic mass is 10.2. The minimum atomic E-state index is 0.783. The van der Waals surface area contributed by atoms with Crippen LogP contribution in [0.2, 0.25) is 0 Å². The lowest BCUT2D eigenvalue weighted by Crippen LogP contribution is -1.77. The molecule has 0 fully saturated rings. The molecule has 0 bridgehead atoms. The summed E-state index contributed by atoms with van der Waals surface area (Å²) in [6, 6.07) is 8.04. The summed E-state index contributed by atoms with van der Waals surface area (Å²) >= 11 is 3.49. The Bertz CT molecular complexity index is 712. The summed E-state index contributed by atoms with van der Waals surface area (Å²) in [5.41, 5.74) is 3.15. The van der Waals surface area contributed by atoms with Crippen LogP contribution in [0, 0.1) is 6.92 Å². The molecule has 1 aromatic carbocycles. The number of imidazole rings is 1. The average Bonchev–Trinajstić information content (AvgIpc) is 2.93. The standard InChI is InChI=1S/C14H13BrN2O/c1-3-10-4-5-12(18-10)14-16-11-7-9(15)6-8(2)13(11)17-14/h4-7H,3H2,1-2H3,(H,16,17). The largest absolute Gasteiger partial charge is 0.458 e. The fourth-order valence-corrected chi connectivity index (χ4v) is 2.63. The first-order chi connectivity index (χ1) is 8.67. The third-order valence-corrected chi connectivity index (χ3v) is 3.44. The molecule has 0 saturated carbocycles. The van der Waals surface area contributed by atoms with Crippen LogP contribution in [-0.4, -0.2) is 9.97 Å². The number of furan rings is 1. The van der Waals surface area contributed by atoms with Crippen molar-refractivity contribution in [1.29, 1.82) is 0 Å². The van der Waals surface area contributed by atoms with E-state index in [-0.39, 0.29) is 0 Å². The number of halogens is 1. The molecule has 0 amide bonds. The molecule has 0 saturated heterocycles. The van der Waals surface area contributed by atoms with Crippen LogP contribution in [0.25, 0.3) is 22.6 Å². The molecule has 3 rings (SSSR count). The van der Waals surface area contributed by atoms with Gasteiger partial charge in [-0.3, -0.25) is 0 Å². The number of hydrogen-bond donors (Lipinski definition) is 1. The van der Waals surface area contributed by atoms with Gasteiger partial charge < -0.3 is 9.40 Å². The van der Waals surface area contributed by atoms with Crippen LogP contribution in [0.15, 0.2) is 33.2 Å². The van der Waals surface area contributed by atoms with Gasteiger partial charge in [0.15, 0.2) is 11.6 Å². The second-order valence-corrected chi connectivity index (χ2v) is 5.24. The first-order valence-corrected chi connectivity index (χ1v) is 6.71. The highest BCUT2D eigenvalue weighted by Gasteiger charge is 2.11. The van der Waals surface area contributed by atoms with Gasteiger partial charge in [-0.25, -0.2) is 4.98 Å². The number of fused-ring (bicyclic) bond motifs is 1. The Morgan fingerprint density at radius 1 is 1.33 bits per heavy atom. The van der Waals surface area contributed by atoms with Gasteiger partial charge in [0.05, 0.1) is 11.0 Å². The normalized spacial score (nSPS) is 11.3. The fourth-order valence-electron chi connectivity index (χ4n) is 2.06. The van der Waals surface area contributed by atoms with Gasteiger partial charge in [0.25, 0.3) is 0 Å². The van der Waals surface area contributed by atoms with E-state index in [9.17, 15) is 0 Å². The Morgan fingerprint density at radius 3 is 2.89 bits per heavy atom. The van der Waals surface area contributed by atoms with Gasteiger partial charge in [-0.1, -0.05) is 22.9 Å². The van der Waals surface area contributed by atoms with Crippen LogP contribution in [-0.2, 0) is 6.42 Å². The Kier molecular flexibility index (Phi) is 2.74. The van der Waals surface area contributed by atoms with E-state index < -0.39 is 0 Å². The Hall–Kier alpha value is -1.55. The van der Waals surface area contributed by atoms with E-state index in [1.807, 2.05) is 18.2 Å². The number of rotatable bonds is 2. The molecule has 0 atom stereocenters. The number of hydrogen-bond acceptors (Lipinski definition) is 2. The molecular formula is C14H13BrN2O. The second kappa shape index (κ2) is 4.28. The van der Waals surface area contributed by atoms with E-state index in [1.165, 1.54) is 0 Å². The van der Waals surface area contributed by atoms with Gasteiger partial charge in [-0.05, 0) is 36.8 Å². The van der Waals surface area contributed by atoms with Gasteiger partial charge >= 0.3 is 0 Å². The number of H-pyrrole nitrogens is 1. The lowest BCUT2D eigenvalue weighted by molar-refractivity contribution is 0.526. The van der Waals surface area contributed by atoms with Crippen LogP contribution in [0.5, 0.6) is 0 Å². The van der Waals surface area contributed by atoms with Crippen molar-refractivity contribution in [1.82, 2.24) is 9.97 Å². The number of aromatic nitrogens is 2. The van der Waals surface area contributed by atoms with E-state index in [1.54, 1.807) is 0 Å². The zero-order chi connectivity index (χ0) is 12.7. The third-order valence-electron chi connectivity index (χ3n) is 2.99. The number of nitrogens with zero attached hydrogens (tertiary/aromatic N) is 1. The molecular weight excluding hydrogens is 292 g/mol. The van der Waals surface area contributed by atoms with Crippen LogP contribution in [0.3, 0.4) is 0 Å². The summed E-state index contributed by atoms with van der Waals surface area (Å²) < 4.78 is 6.77. The minimum absolute atomic E-state index is 0.783. The fraction of sp³-hybridized carbons (Fsp3) is 0.214. The first kappa shape index (κ1) is 11.5. The summed E-state index contributed by atoms with van der Waals surface area (Å²) in [6.45, 7) is 4.12. The van der Waals surface area contributed by atoms with E-state index >= 15 is 0 Å². The molecule has 0 aliphatic carbocycles. The maximum Gasteiger partial charge on any atom is 0.174 e. The predicted octanol–water partition coefficient (Wildman–Crippen LogP) is 4.46. The lowest BCUT2D eigenvalue weighted by Gasteiger charge is -1.94. The third kappa shape index (κ3) is 1.86. The monoisotopic (exact) mass is 304 g/mol. The predicted molar refractivity (Wildman–Crippen MR) is 75.6 cm³/mol. The average molecular weight is 305 g/mol. The van der Waals surface area contributed by atoms with Crippen molar-refractivity contribution >= 4 is 27.0 Å². The van der Waals surface area contributed by atoms with Crippen LogP contribution in [0.4, 0.5) is 0 Å². The molecule has 2 aromatic heterocycles. The van der Waals surface area contributed by atoms with E-state index in [0.29, 0.717) is 0 Å². The van der Waals surface area contributed by atoms with Crippen molar-refractivity contribution in [2.75, 3.05) is 0 Å². The summed E-state index contributed by atoms with van der Waals surface area (Å²) in [5.74, 6) is 2.55. The molecule has 2 heterocycles. The molecule has 3 nitrogen and oxygen atoms in total. The van der Waals surface area contributed by atoms with Gasteiger partial charge in [-0.15, -0.1) is 0 Å². The van der Waals surface area contributed by atoms with Gasteiger partial charge in [-0.2, -0.15) is 0 Å². The SMILES string of the molecule is CCc1ccc(-c2nc3c(C)cc(Br)cc3[nH]2)o1. The van der Waals surface area contributed by atoms with Crippen molar-refractivity contribution in [3.05, 3.63) is 40.1 Å². The zero-order valence-corrected chi connectivity index (χ0v) is 11.8. The van der Waals surface area contributed by atoms with Gasteiger partial charge in [0.2, 0.25) is 0 Å². The van der Waals surface area contributed by atoms with E-state index in [2.05, 4.69) is 45.8 Å². The van der Waals surface area contributed by atoms with Crippen molar-refractivity contribution in [3.63, 3.8) is 0 Å². The Balaban J connectivity index is 2.16. The molecule has 0 spiro atoms. The topological polar surface area (TPSA) is 41.8 Å². The number of aromatic amines is 1. The highest BCUT2D eigenvalue weighted by Crippen LogP contribution is 2.27. The summed E-state index contributed by atoms with van der Waals surface area (Å²) in [5, 5.41) is 0. The Morgan fingerprint density at radius 2 is 2.17 bits per heavy atom. The van der Waals surface area contributed by atoms with Gasteiger partial charge in [0, 0.05) is 10.9 Å². The molecule has 92 valence electrons. The van der Waals surface area contributed by atoms with Crippen LogP contribution >= 0.6 is 15.9 Å². The van der Waals surface area contributed by atoms with Crippen LogP contribution in [0.1, 0.15) is 18.2 Å². The second-order valence-electron chi connectivity index (χ2n) is 4.32. The van der Waals surface area contributed by atoms with E-state index in [4.69, 9.17) is 4.42 Å². The smallest absolute Gasteiger partial charge is 0.174 e. The number of benzene rings is 1. The quantitative estimate of drug-likeness (QED) is 0.759. The van der Waals surface area contributed by atoms with Crippen molar-refractivity contribution in [3.8, 4) is 11.6 Å². The van der Waals surface area contributed by atoms with Crippen molar-refractivity contribution in [2.24, 2.45) is 0 Å². The minimum Gasteiger partial charge on any atom is -0.458 e. The molecule has 3 aromatic rings. The maximum atomic E-state index is 5.71. The highest BCUT2D eigenvalue weighted by atomic mass is 79.9. The molecule has 4 heteroatoms. The molecule has 1 N–H and O–H groups in total. The summed E-state index contributed by atoms with van der Waals surface area (Å²) in [7, 11) is 0. The summed E-state index contributed by atoms with van der Waals surface area (Å²) in [4.78, 5) is 7.90. The molecule has 0 aliphatic rings. The van der Waals surface area contributed by atoms with E-state index in [0.717, 1.165) is 44.8 Å². The number of nitrogens with one attached hydrogen (secondary N) is 1. The van der Waals surface area contributed by atoms with Crippen molar-refractivity contribution in [2.45, 2.75) is 20.3 Å². The Labute approximate surface area is 113 Å².